The Kier molecular flexibility index (Phi) is 2.85. The maximum absolute atomic E-state index is 5.99. The van der Waals surface area contributed by atoms with Crippen molar-refractivity contribution < 1.29 is 0 Å². The summed E-state index contributed by atoms with van der Waals surface area (Å²) in [5.41, 5.74) is 5.98. The fraction of sp³-hybridized carbons (Fsp3) is 0.0769. The van der Waals surface area contributed by atoms with Gasteiger partial charge in [0, 0.05) is 28.4 Å². The highest BCUT2D eigenvalue weighted by Gasteiger charge is 2.09. The monoisotopic (exact) mass is 273 g/mol. The highest BCUT2D eigenvalue weighted by Crippen LogP contribution is 2.23. The van der Waals surface area contributed by atoms with E-state index in [9.17, 15) is 0 Å². The fourth-order valence-electron chi connectivity index (χ4n) is 1.99. The molecule has 0 aliphatic rings. The second-order valence-electron chi connectivity index (χ2n) is 4.24. The molecule has 2 aromatic heterocycles. The van der Waals surface area contributed by atoms with E-state index in [0.29, 0.717) is 10.8 Å². The number of hydrogen-bond acceptors (Lipinski definition) is 4. The smallest absolute Gasteiger partial charge is 0.158 e. The number of halogens is 1. The summed E-state index contributed by atoms with van der Waals surface area (Å²) < 4.78 is 1.67. The third-order valence-corrected chi connectivity index (χ3v) is 3.06. The second kappa shape index (κ2) is 4.53. The number of nitrogen functional groups attached to an aromatic ring is 1. The van der Waals surface area contributed by atoms with Gasteiger partial charge in [-0.2, -0.15) is 9.61 Å². The van der Waals surface area contributed by atoms with Crippen molar-refractivity contribution in [1.82, 2.24) is 14.6 Å². The largest absolute Gasteiger partial charge is 0.308 e. The Morgan fingerprint density at radius 3 is 2.84 bits per heavy atom. The highest BCUT2D eigenvalue weighted by atomic mass is 35.5. The van der Waals surface area contributed by atoms with Crippen LogP contribution in [0, 0.1) is 6.92 Å². The summed E-state index contributed by atoms with van der Waals surface area (Å²) in [5.74, 6) is 6.19. The maximum Gasteiger partial charge on any atom is 0.158 e. The van der Waals surface area contributed by atoms with Crippen LogP contribution in [0.15, 0.2) is 36.4 Å². The van der Waals surface area contributed by atoms with Crippen molar-refractivity contribution in [3.8, 4) is 11.3 Å². The number of nitrogens with two attached hydrogens (primary N) is 1. The zero-order valence-corrected chi connectivity index (χ0v) is 11.0. The van der Waals surface area contributed by atoms with Crippen molar-refractivity contribution in [2.45, 2.75) is 6.92 Å². The van der Waals surface area contributed by atoms with Gasteiger partial charge in [-0.1, -0.05) is 23.7 Å². The zero-order chi connectivity index (χ0) is 13.4. The van der Waals surface area contributed by atoms with Crippen molar-refractivity contribution in [2.24, 2.45) is 5.84 Å². The number of aryl methyl sites for hydroxylation is 1. The van der Waals surface area contributed by atoms with E-state index >= 15 is 0 Å². The van der Waals surface area contributed by atoms with Gasteiger partial charge < -0.3 is 5.43 Å². The molecule has 2 heterocycles. The molecule has 3 N–H and O–H groups in total. The van der Waals surface area contributed by atoms with E-state index in [1.807, 2.05) is 43.3 Å². The van der Waals surface area contributed by atoms with Crippen molar-refractivity contribution in [3.63, 3.8) is 0 Å². The Hall–Kier alpha value is -2.11. The van der Waals surface area contributed by atoms with E-state index in [0.717, 1.165) is 22.6 Å². The Bertz CT molecular complexity index is 750. The first-order chi connectivity index (χ1) is 9.17. The van der Waals surface area contributed by atoms with Gasteiger partial charge in [0.2, 0.25) is 0 Å². The first-order valence-corrected chi connectivity index (χ1v) is 6.15. The number of nitrogens with zero attached hydrogens (tertiary/aromatic N) is 3. The van der Waals surface area contributed by atoms with E-state index in [-0.39, 0.29) is 0 Å². The average molecular weight is 274 g/mol. The number of aromatic nitrogens is 3. The van der Waals surface area contributed by atoms with Gasteiger partial charge in [0.05, 0.1) is 5.69 Å². The lowest BCUT2D eigenvalue weighted by Gasteiger charge is -2.03. The first-order valence-electron chi connectivity index (χ1n) is 5.77. The molecule has 1 aromatic carbocycles. The van der Waals surface area contributed by atoms with Gasteiger partial charge >= 0.3 is 0 Å². The molecule has 0 spiro atoms. The first kappa shape index (κ1) is 12.0. The van der Waals surface area contributed by atoms with Gasteiger partial charge in [0.15, 0.2) is 5.65 Å². The van der Waals surface area contributed by atoms with Gasteiger partial charge in [0.1, 0.15) is 5.82 Å². The summed E-state index contributed by atoms with van der Waals surface area (Å²) in [5, 5.41) is 5.17. The second-order valence-corrected chi connectivity index (χ2v) is 4.67. The highest BCUT2D eigenvalue weighted by molar-refractivity contribution is 6.30. The quantitative estimate of drug-likeness (QED) is 0.556. The Morgan fingerprint density at radius 1 is 1.26 bits per heavy atom. The molecule has 19 heavy (non-hydrogen) atoms. The van der Waals surface area contributed by atoms with Crippen LogP contribution in [0.4, 0.5) is 5.82 Å². The Balaban J connectivity index is 2.21. The topological polar surface area (TPSA) is 68.2 Å². The number of benzene rings is 1. The van der Waals surface area contributed by atoms with Crippen LogP contribution in [0.1, 0.15) is 5.69 Å². The third kappa shape index (κ3) is 2.14. The molecule has 0 aliphatic heterocycles. The van der Waals surface area contributed by atoms with Gasteiger partial charge in [-0.25, -0.2) is 10.8 Å². The standard InChI is InChI=1S/C13H12ClN5/c1-8-5-13(17-15)19-12(16-8)7-11(18-19)9-3-2-4-10(14)6-9/h2-7,17H,15H2,1H3. The molecular formula is C13H12ClN5. The summed E-state index contributed by atoms with van der Waals surface area (Å²) in [6, 6.07) is 11.3. The Labute approximate surface area is 115 Å². The van der Waals surface area contributed by atoms with Gasteiger partial charge in [0.25, 0.3) is 0 Å². The lowest BCUT2D eigenvalue weighted by molar-refractivity contribution is 0.930. The van der Waals surface area contributed by atoms with Crippen LogP contribution in [0.25, 0.3) is 16.9 Å². The number of anilines is 1. The number of nitrogens with one attached hydrogen (secondary N) is 1. The van der Waals surface area contributed by atoms with E-state index in [1.54, 1.807) is 4.52 Å². The summed E-state index contributed by atoms with van der Waals surface area (Å²) in [7, 11) is 0. The molecule has 5 nitrogen and oxygen atoms in total. The van der Waals surface area contributed by atoms with Gasteiger partial charge in [-0.05, 0) is 19.1 Å². The minimum Gasteiger partial charge on any atom is -0.308 e. The summed E-state index contributed by atoms with van der Waals surface area (Å²) in [6.45, 7) is 1.91. The van der Waals surface area contributed by atoms with Crippen molar-refractivity contribution in [3.05, 3.63) is 47.1 Å². The molecule has 0 radical (unpaired) electrons. The van der Waals surface area contributed by atoms with Gasteiger partial charge in [-0.15, -0.1) is 0 Å². The molecule has 0 saturated heterocycles. The third-order valence-electron chi connectivity index (χ3n) is 2.82. The van der Waals surface area contributed by atoms with Crippen molar-refractivity contribution in [1.29, 1.82) is 0 Å². The van der Waals surface area contributed by atoms with E-state index < -0.39 is 0 Å². The molecule has 0 unspecified atom stereocenters. The van der Waals surface area contributed by atoms with E-state index in [4.69, 9.17) is 17.4 Å². The zero-order valence-electron chi connectivity index (χ0n) is 10.3. The summed E-state index contributed by atoms with van der Waals surface area (Å²) in [4.78, 5) is 4.42. The predicted octanol–water partition coefficient (Wildman–Crippen LogP) is 2.64. The summed E-state index contributed by atoms with van der Waals surface area (Å²) in [6.07, 6.45) is 0. The lowest BCUT2D eigenvalue weighted by atomic mass is 10.1. The average Bonchev–Trinajstić information content (AvgIpc) is 2.81. The number of fused-ring (bicyclic) bond motifs is 1. The molecule has 0 atom stereocenters. The minimum atomic E-state index is 0.677. The van der Waals surface area contributed by atoms with Crippen molar-refractivity contribution in [2.75, 3.05) is 5.43 Å². The minimum absolute atomic E-state index is 0.677. The molecule has 3 rings (SSSR count). The van der Waals surface area contributed by atoms with Crippen LogP contribution in [0.2, 0.25) is 5.02 Å². The van der Waals surface area contributed by atoms with Crippen LogP contribution >= 0.6 is 11.6 Å². The van der Waals surface area contributed by atoms with E-state index in [2.05, 4.69) is 15.5 Å². The SMILES string of the molecule is Cc1cc(NN)n2nc(-c3cccc(Cl)c3)cc2n1. The van der Waals surface area contributed by atoms with Crippen LogP contribution in [0.3, 0.4) is 0 Å². The van der Waals surface area contributed by atoms with Crippen molar-refractivity contribution >= 4 is 23.1 Å². The van der Waals surface area contributed by atoms with Crippen LogP contribution in [0.5, 0.6) is 0 Å². The molecule has 96 valence electrons. The van der Waals surface area contributed by atoms with E-state index in [1.165, 1.54) is 0 Å². The van der Waals surface area contributed by atoms with Crippen LogP contribution in [-0.4, -0.2) is 14.6 Å². The maximum atomic E-state index is 5.99. The molecule has 3 aromatic rings. The molecule has 0 saturated carbocycles. The molecule has 0 amide bonds. The van der Waals surface area contributed by atoms with Crippen LogP contribution in [-0.2, 0) is 0 Å². The fourth-order valence-corrected chi connectivity index (χ4v) is 2.18. The number of hydrogen-bond donors (Lipinski definition) is 2. The molecule has 0 bridgehead atoms. The Morgan fingerprint density at radius 2 is 2.11 bits per heavy atom. The lowest BCUT2D eigenvalue weighted by Crippen LogP contribution is -2.12. The predicted molar refractivity (Wildman–Crippen MR) is 76.0 cm³/mol. The van der Waals surface area contributed by atoms with Gasteiger partial charge in [-0.3, -0.25) is 0 Å². The summed E-state index contributed by atoms with van der Waals surface area (Å²) >= 11 is 5.99. The van der Waals surface area contributed by atoms with Crippen LogP contribution < -0.4 is 11.3 Å². The molecule has 0 fully saturated rings. The molecule has 6 heteroatoms. The number of hydrazine groups is 1. The number of rotatable bonds is 2. The normalized spacial score (nSPS) is 10.9. The molecule has 0 aliphatic carbocycles. The molecular weight excluding hydrogens is 262 g/mol.